The first-order valence-electron chi connectivity index (χ1n) is 6.75. The normalized spacial score (nSPS) is 18.6. The van der Waals surface area contributed by atoms with E-state index in [-0.39, 0.29) is 4.90 Å². The highest BCUT2D eigenvalue weighted by Gasteiger charge is 2.30. The molecule has 1 aromatic rings. The molecule has 0 spiro atoms. The van der Waals surface area contributed by atoms with Crippen LogP contribution >= 0.6 is 0 Å². The van der Waals surface area contributed by atoms with E-state index in [0.717, 1.165) is 12.8 Å². The van der Waals surface area contributed by atoms with Gasteiger partial charge >= 0.3 is 0 Å². The quantitative estimate of drug-likeness (QED) is 0.855. The third kappa shape index (κ3) is 3.02. The zero-order valence-electron chi connectivity index (χ0n) is 12.1. The van der Waals surface area contributed by atoms with E-state index < -0.39 is 15.8 Å². The molecule has 4 nitrogen and oxygen atoms in total. The van der Waals surface area contributed by atoms with Gasteiger partial charge in [0.2, 0.25) is 10.0 Å². The maximum atomic E-state index is 13.1. The fourth-order valence-electron chi connectivity index (χ4n) is 2.64. The van der Waals surface area contributed by atoms with Crippen molar-refractivity contribution in [2.75, 3.05) is 27.2 Å². The number of nitrogens with zero attached hydrogens (tertiary/aromatic N) is 2. The molecule has 2 rings (SSSR count). The topological polar surface area (TPSA) is 40.6 Å². The van der Waals surface area contributed by atoms with E-state index in [0.29, 0.717) is 24.7 Å². The predicted octanol–water partition coefficient (Wildman–Crippen LogP) is 1.85. The maximum Gasteiger partial charge on any atom is 0.243 e. The minimum atomic E-state index is -3.51. The standard InChI is InChI=1S/C14H21FN2O2S/c1-11-10-12(15)4-5-14(11)20(18,19)17-8-6-13(7-9-17)16(2)3/h4-5,10,13H,6-9H2,1-3H3. The molecule has 0 radical (unpaired) electrons. The van der Waals surface area contributed by atoms with Crippen molar-refractivity contribution in [3.8, 4) is 0 Å². The molecule has 0 N–H and O–H groups in total. The number of piperidine rings is 1. The van der Waals surface area contributed by atoms with Crippen LogP contribution in [0.25, 0.3) is 0 Å². The number of hydrogen-bond acceptors (Lipinski definition) is 3. The molecule has 1 fully saturated rings. The molecule has 0 unspecified atom stereocenters. The van der Waals surface area contributed by atoms with Gasteiger partial charge in [0.05, 0.1) is 4.90 Å². The van der Waals surface area contributed by atoms with Crippen LogP contribution < -0.4 is 0 Å². The molecule has 1 heterocycles. The minimum Gasteiger partial charge on any atom is -0.306 e. The van der Waals surface area contributed by atoms with Gasteiger partial charge < -0.3 is 4.90 Å². The van der Waals surface area contributed by atoms with Crippen molar-refractivity contribution in [1.82, 2.24) is 9.21 Å². The van der Waals surface area contributed by atoms with Crippen molar-refractivity contribution in [2.45, 2.75) is 30.7 Å². The lowest BCUT2D eigenvalue weighted by Gasteiger charge is -2.34. The number of aryl methyl sites for hydroxylation is 1. The largest absolute Gasteiger partial charge is 0.306 e. The van der Waals surface area contributed by atoms with Crippen molar-refractivity contribution < 1.29 is 12.8 Å². The summed E-state index contributed by atoms with van der Waals surface area (Å²) < 4.78 is 39.8. The molecule has 0 amide bonds. The summed E-state index contributed by atoms with van der Waals surface area (Å²) >= 11 is 0. The first-order valence-corrected chi connectivity index (χ1v) is 8.19. The lowest BCUT2D eigenvalue weighted by Crippen LogP contribution is -2.44. The molecular weight excluding hydrogens is 279 g/mol. The van der Waals surface area contributed by atoms with Gasteiger partial charge in [-0.2, -0.15) is 4.31 Å². The maximum absolute atomic E-state index is 13.1. The van der Waals surface area contributed by atoms with Gasteiger partial charge in [-0.05, 0) is 57.6 Å². The van der Waals surface area contributed by atoms with Gasteiger partial charge in [0.25, 0.3) is 0 Å². The van der Waals surface area contributed by atoms with Crippen molar-refractivity contribution in [1.29, 1.82) is 0 Å². The summed E-state index contributed by atoms with van der Waals surface area (Å²) in [5.74, 6) is -0.409. The van der Waals surface area contributed by atoms with Crippen LogP contribution in [0.4, 0.5) is 4.39 Å². The Bertz CT molecular complexity index is 579. The summed E-state index contributed by atoms with van der Waals surface area (Å²) in [6.45, 7) is 2.66. The minimum absolute atomic E-state index is 0.210. The van der Waals surface area contributed by atoms with Gasteiger partial charge in [-0.25, -0.2) is 12.8 Å². The van der Waals surface area contributed by atoms with Crippen LogP contribution in [0.5, 0.6) is 0 Å². The fraction of sp³-hybridized carbons (Fsp3) is 0.571. The summed E-state index contributed by atoms with van der Waals surface area (Å²) in [5.41, 5.74) is 0.458. The molecule has 0 aliphatic carbocycles. The van der Waals surface area contributed by atoms with Crippen LogP contribution in [0.2, 0.25) is 0 Å². The molecule has 1 aliphatic heterocycles. The molecule has 1 aromatic carbocycles. The molecular formula is C14H21FN2O2S. The summed E-state index contributed by atoms with van der Waals surface area (Å²) in [6, 6.07) is 4.25. The van der Waals surface area contributed by atoms with E-state index in [1.54, 1.807) is 6.92 Å². The fourth-order valence-corrected chi connectivity index (χ4v) is 4.32. The Hall–Kier alpha value is -0.980. The van der Waals surface area contributed by atoms with Gasteiger partial charge in [-0.15, -0.1) is 0 Å². The van der Waals surface area contributed by atoms with Crippen LogP contribution in [-0.2, 0) is 10.0 Å². The number of rotatable bonds is 3. The van der Waals surface area contributed by atoms with Crippen LogP contribution in [-0.4, -0.2) is 50.8 Å². The lowest BCUT2D eigenvalue weighted by molar-refractivity contribution is 0.196. The first kappa shape index (κ1) is 15.4. The summed E-state index contributed by atoms with van der Waals surface area (Å²) in [5, 5.41) is 0. The Morgan fingerprint density at radius 3 is 2.35 bits per heavy atom. The zero-order valence-corrected chi connectivity index (χ0v) is 13.0. The summed E-state index contributed by atoms with van der Waals surface area (Å²) in [6.07, 6.45) is 1.65. The van der Waals surface area contributed by atoms with E-state index >= 15 is 0 Å². The van der Waals surface area contributed by atoms with E-state index in [1.807, 2.05) is 14.1 Å². The second kappa shape index (κ2) is 5.79. The summed E-state index contributed by atoms with van der Waals surface area (Å²) in [7, 11) is 0.515. The third-order valence-corrected chi connectivity index (χ3v) is 5.97. The van der Waals surface area contributed by atoms with Gasteiger partial charge in [0.15, 0.2) is 0 Å². The average Bonchev–Trinajstić information content (AvgIpc) is 2.38. The van der Waals surface area contributed by atoms with Crippen molar-refractivity contribution in [3.63, 3.8) is 0 Å². The molecule has 1 aliphatic rings. The average molecular weight is 300 g/mol. The van der Waals surface area contributed by atoms with Crippen molar-refractivity contribution in [2.24, 2.45) is 0 Å². The number of benzene rings is 1. The molecule has 112 valence electrons. The highest BCUT2D eigenvalue weighted by atomic mass is 32.2. The van der Waals surface area contributed by atoms with E-state index in [4.69, 9.17) is 0 Å². The Kier molecular flexibility index (Phi) is 4.46. The van der Waals surface area contributed by atoms with Gasteiger partial charge in [-0.3, -0.25) is 0 Å². The SMILES string of the molecule is Cc1cc(F)ccc1S(=O)(=O)N1CCC(N(C)C)CC1. The first-order chi connectivity index (χ1) is 9.32. The zero-order chi connectivity index (χ0) is 14.9. The summed E-state index contributed by atoms with van der Waals surface area (Å²) in [4.78, 5) is 2.34. The molecule has 0 bridgehead atoms. The Morgan fingerprint density at radius 2 is 1.85 bits per heavy atom. The highest BCUT2D eigenvalue weighted by Crippen LogP contribution is 2.24. The second-order valence-corrected chi connectivity index (χ2v) is 7.42. The second-order valence-electron chi connectivity index (χ2n) is 5.51. The monoisotopic (exact) mass is 300 g/mol. The smallest absolute Gasteiger partial charge is 0.243 e. The Labute approximate surface area is 120 Å². The lowest BCUT2D eigenvalue weighted by atomic mass is 10.1. The van der Waals surface area contributed by atoms with Gasteiger partial charge in [0, 0.05) is 19.1 Å². The van der Waals surface area contributed by atoms with Crippen LogP contribution in [0, 0.1) is 12.7 Å². The van der Waals surface area contributed by atoms with E-state index in [2.05, 4.69) is 4.90 Å². The van der Waals surface area contributed by atoms with E-state index in [1.165, 1.54) is 22.5 Å². The van der Waals surface area contributed by atoms with Gasteiger partial charge in [0.1, 0.15) is 5.82 Å². The molecule has 20 heavy (non-hydrogen) atoms. The molecule has 0 aromatic heterocycles. The highest BCUT2D eigenvalue weighted by molar-refractivity contribution is 7.89. The van der Waals surface area contributed by atoms with Crippen LogP contribution in [0.15, 0.2) is 23.1 Å². The number of hydrogen-bond donors (Lipinski definition) is 0. The third-order valence-electron chi connectivity index (χ3n) is 3.91. The van der Waals surface area contributed by atoms with Crippen molar-refractivity contribution >= 4 is 10.0 Å². The van der Waals surface area contributed by atoms with Crippen molar-refractivity contribution in [3.05, 3.63) is 29.6 Å². The Balaban J connectivity index is 2.20. The molecule has 0 saturated carbocycles. The number of sulfonamides is 1. The van der Waals surface area contributed by atoms with Gasteiger partial charge in [-0.1, -0.05) is 0 Å². The van der Waals surface area contributed by atoms with E-state index in [9.17, 15) is 12.8 Å². The van der Waals surface area contributed by atoms with Crippen LogP contribution in [0.1, 0.15) is 18.4 Å². The van der Waals surface area contributed by atoms with Crippen LogP contribution in [0.3, 0.4) is 0 Å². The Morgan fingerprint density at radius 1 is 1.25 bits per heavy atom. The number of halogens is 1. The molecule has 6 heteroatoms. The predicted molar refractivity (Wildman–Crippen MR) is 76.6 cm³/mol. The molecule has 0 atom stereocenters. The molecule has 1 saturated heterocycles.